The van der Waals surface area contributed by atoms with Gasteiger partial charge in [0.05, 0.1) is 12.2 Å². The third kappa shape index (κ3) is 3.43. The molecule has 0 saturated heterocycles. The van der Waals surface area contributed by atoms with E-state index in [9.17, 15) is 14.4 Å². The molecule has 0 spiro atoms. The number of anilines is 2. The Labute approximate surface area is 139 Å². The first-order valence-corrected chi connectivity index (χ1v) is 7.48. The van der Waals surface area contributed by atoms with E-state index in [0.717, 1.165) is 0 Å². The molecule has 6 heteroatoms. The summed E-state index contributed by atoms with van der Waals surface area (Å²) < 4.78 is 5.15. The first kappa shape index (κ1) is 15.7. The Balaban J connectivity index is 1.69. The van der Waals surface area contributed by atoms with Crippen LogP contribution in [0.5, 0.6) is 5.75 Å². The van der Waals surface area contributed by atoms with Crippen LogP contribution in [0.25, 0.3) is 0 Å². The van der Waals surface area contributed by atoms with Crippen LogP contribution >= 0.6 is 0 Å². The van der Waals surface area contributed by atoms with Gasteiger partial charge in [0.25, 0.3) is 0 Å². The Morgan fingerprint density at radius 1 is 1.12 bits per heavy atom. The maximum Gasteiger partial charge on any atom is 0.331 e. The molecular formula is C18H16N2O4. The smallest absolute Gasteiger partial charge is 0.331 e. The second-order valence-electron chi connectivity index (χ2n) is 5.48. The van der Waals surface area contributed by atoms with E-state index in [1.807, 2.05) is 6.07 Å². The number of benzene rings is 2. The number of hydrogen-bond donors (Lipinski definition) is 1. The van der Waals surface area contributed by atoms with Gasteiger partial charge in [0.15, 0.2) is 11.5 Å². The summed E-state index contributed by atoms with van der Waals surface area (Å²) in [5.41, 5.74) is 1.89. The van der Waals surface area contributed by atoms with Crippen LogP contribution in [0.3, 0.4) is 0 Å². The van der Waals surface area contributed by atoms with Crippen molar-refractivity contribution in [3.8, 4) is 5.75 Å². The fourth-order valence-corrected chi connectivity index (χ4v) is 2.50. The number of ketones is 1. The first-order chi connectivity index (χ1) is 11.5. The minimum Gasteiger partial charge on any atom is -0.423 e. The van der Waals surface area contributed by atoms with Gasteiger partial charge in [-0.05, 0) is 43.3 Å². The van der Waals surface area contributed by atoms with Crippen molar-refractivity contribution in [1.29, 1.82) is 0 Å². The molecule has 1 N–H and O–H groups in total. The molecule has 2 aromatic carbocycles. The maximum atomic E-state index is 12.2. The molecule has 1 aliphatic rings. The molecule has 0 bridgehead atoms. The van der Waals surface area contributed by atoms with Crippen LogP contribution in [0.1, 0.15) is 17.3 Å². The van der Waals surface area contributed by atoms with Gasteiger partial charge in [-0.1, -0.05) is 12.1 Å². The minimum atomic E-state index is -0.396. The lowest BCUT2D eigenvalue weighted by atomic mass is 10.1. The summed E-state index contributed by atoms with van der Waals surface area (Å²) in [6.07, 6.45) is 0. The number of fused-ring (bicyclic) bond motifs is 1. The molecule has 1 heterocycles. The monoisotopic (exact) mass is 324 g/mol. The molecular weight excluding hydrogens is 308 g/mol. The van der Waals surface area contributed by atoms with Gasteiger partial charge in [0.2, 0.25) is 5.91 Å². The molecule has 0 fully saturated rings. The number of hydrogen-bond acceptors (Lipinski definition) is 5. The molecule has 2 aromatic rings. The van der Waals surface area contributed by atoms with Crippen molar-refractivity contribution in [2.45, 2.75) is 6.92 Å². The quantitative estimate of drug-likeness (QED) is 0.530. The molecule has 0 radical (unpaired) electrons. The van der Waals surface area contributed by atoms with E-state index in [-0.39, 0.29) is 24.8 Å². The van der Waals surface area contributed by atoms with E-state index in [1.165, 1.54) is 6.92 Å². The molecule has 0 aromatic heterocycles. The van der Waals surface area contributed by atoms with E-state index < -0.39 is 5.97 Å². The zero-order valence-corrected chi connectivity index (χ0v) is 13.1. The number of esters is 1. The number of para-hydroxylation sites is 2. The highest BCUT2D eigenvalue weighted by atomic mass is 16.5. The number of nitrogens with one attached hydrogen (secondary N) is 1. The van der Waals surface area contributed by atoms with Crippen LogP contribution in [-0.2, 0) is 9.59 Å². The molecule has 1 aliphatic heterocycles. The van der Waals surface area contributed by atoms with Gasteiger partial charge in [-0.3, -0.25) is 9.59 Å². The lowest BCUT2D eigenvalue weighted by Gasteiger charge is -2.29. The average Bonchev–Trinajstić information content (AvgIpc) is 2.55. The van der Waals surface area contributed by atoms with Crippen LogP contribution in [0.4, 0.5) is 11.4 Å². The van der Waals surface area contributed by atoms with Gasteiger partial charge in [-0.25, -0.2) is 4.79 Å². The highest BCUT2D eigenvalue weighted by Crippen LogP contribution is 2.31. The van der Waals surface area contributed by atoms with Gasteiger partial charge in [-0.2, -0.15) is 0 Å². The number of ether oxygens (including phenoxy) is 1. The van der Waals surface area contributed by atoms with Crippen molar-refractivity contribution in [2.75, 3.05) is 23.3 Å². The van der Waals surface area contributed by atoms with Crippen molar-refractivity contribution in [2.24, 2.45) is 0 Å². The summed E-state index contributed by atoms with van der Waals surface area (Å²) in [5.74, 6) is -0.230. The predicted octanol–water partition coefficient (Wildman–Crippen LogP) is 2.25. The Morgan fingerprint density at radius 2 is 1.83 bits per heavy atom. The van der Waals surface area contributed by atoms with Crippen LogP contribution in [-0.4, -0.2) is 30.7 Å². The Kier molecular flexibility index (Phi) is 4.29. The zero-order chi connectivity index (χ0) is 17.1. The fourth-order valence-electron chi connectivity index (χ4n) is 2.50. The second-order valence-corrected chi connectivity index (χ2v) is 5.48. The van der Waals surface area contributed by atoms with Gasteiger partial charge in [-0.15, -0.1) is 0 Å². The number of Topliss-reactive ketones (excluding diaryl/α,β-unsaturated/α-hetero) is 1. The van der Waals surface area contributed by atoms with Crippen LogP contribution in [0.15, 0.2) is 48.5 Å². The predicted molar refractivity (Wildman–Crippen MR) is 89.4 cm³/mol. The van der Waals surface area contributed by atoms with Gasteiger partial charge >= 0.3 is 5.97 Å². The molecule has 0 atom stereocenters. The van der Waals surface area contributed by atoms with E-state index in [1.54, 1.807) is 47.4 Å². The molecule has 1 amide bonds. The molecule has 3 rings (SSSR count). The highest BCUT2D eigenvalue weighted by molar-refractivity contribution is 5.97. The van der Waals surface area contributed by atoms with Crippen LogP contribution in [0.2, 0.25) is 0 Å². The minimum absolute atomic E-state index is 0.0215. The van der Waals surface area contributed by atoms with Gasteiger partial charge in [0, 0.05) is 11.3 Å². The highest BCUT2D eigenvalue weighted by Gasteiger charge is 2.25. The van der Waals surface area contributed by atoms with Crippen molar-refractivity contribution in [1.82, 2.24) is 0 Å². The fraction of sp³-hybridized carbons (Fsp3) is 0.167. The van der Waals surface area contributed by atoms with Gasteiger partial charge in [0.1, 0.15) is 6.54 Å². The number of nitrogens with zero attached hydrogens (tertiary/aromatic N) is 1. The summed E-state index contributed by atoms with van der Waals surface area (Å²) in [4.78, 5) is 36.8. The Morgan fingerprint density at radius 3 is 2.54 bits per heavy atom. The first-order valence-electron chi connectivity index (χ1n) is 7.48. The molecule has 24 heavy (non-hydrogen) atoms. The summed E-state index contributed by atoms with van der Waals surface area (Å²) in [6, 6.07) is 13.8. The number of carbonyl (C=O) groups excluding carboxylic acids is 3. The van der Waals surface area contributed by atoms with Crippen molar-refractivity contribution in [3.63, 3.8) is 0 Å². The largest absolute Gasteiger partial charge is 0.423 e. The van der Waals surface area contributed by atoms with E-state index in [0.29, 0.717) is 22.7 Å². The van der Waals surface area contributed by atoms with E-state index in [4.69, 9.17) is 4.74 Å². The van der Waals surface area contributed by atoms with Crippen LogP contribution in [0, 0.1) is 0 Å². The van der Waals surface area contributed by atoms with E-state index >= 15 is 0 Å². The topological polar surface area (TPSA) is 75.7 Å². The van der Waals surface area contributed by atoms with Crippen molar-refractivity contribution < 1.29 is 19.1 Å². The van der Waals surface area contributed by atoms with Crippen molar-refractivity contribution >= 4 is 29.0 Å². The third-order valence-electron chi connectivity index (χ3n) is 3.66. The molecule has 0 saturated carbocycles. The number of amides is 1. The summed E-state index contributed by atoms with van der Waals surface area (Å²) in [5, 5.41) is 2.76. The normalized spacial score (nSPS) is 13.0. The van der Waals surface area contributed by atoms with Crippen molar-refractivity contribution in [3.05, 3.63) is 54.1 Å². The molecule has 122 valence electrons. The van der Waals surface area contributed by atoms with E-state index in [2.05, 4.69) is 5.32 Å². The molecule has 0 aliphatic carbocycles. The lowest BCUT2D eigenvalue weighted by molar-refractivity contribution is -0.133. The summed E-state index contributed by atoms with van der Waals surface area (Å²) in [7, 11) is 0. The summed E-state index contributed by atoms with van der Waals surface area (Å²) >= 11 is 0. The van der Waals surface area contributed by atoms with Crippen LogP contribution < -0.4 is 15.0 Å². The lowest BCUT2D eigenvalue weighted by Crippen LogP contribution is -2.41. The average molecular weight is 324 g/mol. The standard InChI is InChI=1S/C18H16N2O4/c1-12(21)13-6-8-14(9-7-13)19-17(22)10-20-11-18(23)24-16-5-3-2-4-15(16)20/h2-9H,10-11H2,1H3,(H,19,22). The third-order valence-corrected chi connectivity index (χ3v) is 3.66. The summed E-state index contributed by atoms with van der Waals surface area (Å²) in [6.45, 7) is 1.54. The molecule has 0 unspecified atom stereocenters. The number of rotatable bonds is 4. The zero-order valence-electron chi connectivity index (χ0n) is 13.1. The SMILES string of the molecule is CC(=O)c1ccc(NC(=O)CN2CC(=O)Oc3ccccc32)cc1. The molecule has 6 nitrogen and oxygen atoms in total. The second kappa shape index (κ2) is 6.54. The Hall–Kier alpha value is -3.15. The maximum absolute atomic E-state index is 12.2. The number of carbonyl (C=O) groups is 3. The van der Waals surface area contributed by atoms with Gasteiger partial charge < -0.3 is 15.0 Å². The Bertz CT molecular complexity index is 799.